The third kappa shape index (κ3) is 13.2. The molecule has 0 saturated carbocycles. The lowest BCUT2D eigenvalue weighted by Gasteiger charge is -2.19. The minimum Gasteiger partial charge on any atom is -0.456 e. The van der Waals surface area contributed by atoms with Crippen LogP contribution in [0.3, 0.4) is 0 Å². The van der Waals surface area contributed by atoms with E-state index in [0.717, 1.165) is 222 Å². The first kappa shape index (κ1) is 78.9. The predicted molar refractivity (Wildman–Crippen MR) is 515 cm³/mol. The maximum absolute atomic E-state index is 6.62. The van der Waals surface area contributed by atoms with Gasteiger partial charge in [0.2, 0.25) is 22.8 Å². The Bertz CT molecular complexity index is 8660. The lowest BCUT2D eigenvalue weighted by atomic mass is 9.86. The summed E-state index contributed by atoms with van der Waals surface area (Å²) in [6.45, 7) is 31.0. The Hall–Kier alpha value is -14.4. The van der Waals surface area contributed by atoms with Crippen LogP contribution < -0.4 is 18.3 Å². The summed E-state index contributed by atoms with van der Waals surface area (Å²) in [5, 5.41) is 18.0. The molecule has 12 nitrogen and oxygen atoms in total. The third-order valence-electron chi connectivity index (χ3n) is 25.7. The van der Waals surface area contributed by atoms with Crippen LogP contribution in [0.4, 0.5) is 0 Å². The van der Waals surface area contributed by atoms with Gasteiger partial charge in [0.05, 0.1) is 22.3 Å². The fourth-order valence-electron chi connectivity index (χ4n) is 19.7. The number of fused-ring (bicyclic) bond motifs is 28. The number of para-hydroxylation sites is 4. The van der Waals surface area contributed by atoms with E-state index >= 15 is 0 Å². The summed E-state index contributed by atoms with van der Waals surface area (Å²) in [6.07, 6.45) is 10.8. The molecular weight excluding hydrogens is 1550 g/mol. The highest BCUT2D eigenvalue weighted by Crippen LogP contribution is 2.49. The summed E-state index contributed by atoms with van der Waals surface area (Å²) in [5.74, 6) is 0. The first-order valence-corrected chi connectivity index (χ1v) is 43.6. The molecule has 0 radical (unpaired) electrons. The van der Waals surface area contributed by atoms with Gasteiger partial charge in [-0.3, -0.25) is 0 Å². The average molecular weight is 1650 g/mol. The Morgan fingerprint density at radius 1 is 0.230 bits per heavy atom. The van der Waals surface area contributed by atoms with Crippen LogP contribution in [0.25, 0.3) is 221 Å². The number of nitrogens with zero attached hydrogens (tertiary/aromatic N) is 4. The van der Waals surface area contributed by atoms with Crippen LogP contribution in [0, 0.1) is 66.2 Å². The molecule has 0 atom stereocenters. The number of aromatic nitrogens is 4. The number of rotatable bonds is 6. The van der Waals surface area contributed by atoms with E-state index in [4.69, 9.17) is 35.3 Å². The average Bonchev–Trinajstić information content (AvgIpc) is 1.58. The maximum atomic E-state index is 6.62. The molecule has 0 saturated heterocycles. The summed E-state index contributed by atoms with van der Waals surface area (Å²) >= 11 is 0. The largest absolute Gasteiger partial charge is 0.456 e. The minimum absolute atomic E-state index is 0.219. The minimum atomic E-state index is 0.219. The van der Waals surface area contributed by atoms with Gasteiger partial charge in [0.15, 0.2) is 24.8 Å². The van der Waals surface area contributed by atoms with Crippen LogP contribution in [0.1, 0.15) is 97.2 Å². The lowest BCUT2D eigenvalue weighted by Crippen LogP contribution is -2.32. The Kier molecular flexibility index (Phi) is 18.6. The number of benzene rings is 12. The van der Waals surface area contributed by atoms with E-state index in [1.165, 1.54) is 67.0 Å². The van der Waals surface area contributed by atoms with Crippen molar-refractivity contribution < 1.29 is 53.6 Å². The molecule has 12 heteroatoms. The SMILES string of the molecule is Cc1c[n+](C)c(-c2c(C)ccc3c2oc2ccc4oc5ccccc5c4c23)cc1CC(C)(C)C.Cc1cc(-c2c(C)ccc3c2oc2ccc4oc5ccccc5c4c23)[n+](C)cc1C.Cc1cc[n+](C)c(-c2c(C)ccc3c2oc2ccc4oc5ccccc5c4c23)c1.Cc1ccc2c(oc3ccc4oc5ccccc5c4c32)c1-c1cc(CC(C)(C)C)cc[n+]1C. The molecule has 24 rings (SSSR count). The van der Waals surface area contributed by atoms with Crippen LogP contribution in [0.15, 0.2) is 291 Å². The summed E-state index contributed by atoms with van der Waals surface area (Å²) in [4.78, 5) is 0. The molecule has 0 N–H and O–H groups in total. The molecule has 0 aliphatic rings. The van der Waals surface area contributed by atoms with Gasteiger partial charge in [-0.05, 0) is 196 Å². The normalized spacial score (nSPS) is 12.3. The molecule has 620 valence electrons. The highest BCUT2D eigenvalue weighted by molar-refractivity contribution is 6.31. The molecule has 12 aromatic heterocycles. The number of hydrogen-bond donors (Lipinski definition) is 0. The van der Waals surface area contributed by atoms with Crippen molar-refractivity contribution in [2.75, 3.05) is 0 Å². The van der Waals surface area contributed by atoms with E-state index in [1.54, 1.807) is 0 Å². The number of pyridine rings is 4. The fourth-order valence-corrected chi connectivity index (χ4v) is 19.7. The van der Waals surface area contributed by atoms with Crippen molar-refractivity contribution in [2.24, 2.45) is 39.0 Å². The second kappa shape index (κ2) is 29.7. The molecule has 12 heterocycles. The topological polar surface area (TPSA) is 121 Å². The van der Waals surface area contributed by atoms with Gasteiger partial charge >= 0.3 is 0 Å². The van der Waals surface area contributed by atoms with E-state index < -0.39 is 0 Å². The van der Waals surface area contributed by atoms with E-state index in [0.29, 0.717) is 0 Å². The Balaban J connectivity index is 0.000000103. The molecule has 0 aliphatic heterocycles. The lowest BCUT2D eigenvalue weighted by molar-refractivity contribution is -0.660. The van der Waals surface area contributed by atoms with Gasteiger partial charge in [0.1, 0.15) is 118 Å². The van der Waals surface area contributed by atoms with Crippen LogP contribution in [-0.4, -0.2) is 0 Å². The number of hydrogen-bond acceptors (Lipinski definition) is 8. The van der Waals surface area contributed by atoms with Gasteiger partial charge in [0, 0.05) is 134 Å². The van der Waals surface area contributed by atoms with E-state index in [9.17, 15) is 0 Å². The van der Waals surface area contributed by atoms with Crippen LogP contribution in [-0.2, 0) is 41.0 Å². The van der Waals surface area contributed by atoms with Crippen LogP contribution in [0.5, 0.6) is 0 Å². The standard InChI is InChI=1S/C31H30NO2.C30H28NO2.C27H22NO2.C26H20NO2/c1-18-11-12-22-29-26(14-13-25-28(29)21-9-7-8-10-24(21)33-25)34-30(22)27(18)23-15-20(16-31(3,4)5)19(2)17-32(23)6;1-18-10-11-21-28-25(13-12-24-27(28)20-8-6-7-9-23(20)32-24)33-29(21)26(18)22-16-19(14-15-31(22)5)17-30(2,3)4;1-15-9-10-19-26-23(12-11-22-25(26)18-7-5-6-8-21(18)29-22)30-27(19)24(15)20-13-16(2)17(3)14-28(20)4;1-15-12-13-27(3)19(14-15)23-16(2)8-9-18-25-22(29-26(18)23)11-10-21-24(25)17-6-4-5-7-20(17)28-21/h7-15,17H,16H2,1-6H3;6-16H,17H2,1-5H3;5-14H,1-4H3;4-14H,1-3H3/q4*+1. The highest BCUT2D eigenvalue weighted by Gasteiger charge is 2.31. The highest BCUT2D eigenvalue weighted by atomic mass is 16.4. The van der Waals surface area contributed by atoms with Crippen LogP contribution >= 0.6 is 0 Å². The van der Waals surface area contributed by atoms with Crippen molar-refractivity contribution in [1.82, 2.24) is 0 Å². The summed E-state index contributed by atoms with van der Waals surface area (Å²) in [5.41, 5.74) is 36.9. The fraction of sp³-hybridized carbons (Fsp3) is 0.193. The second-order valence-corrected chi connectivity index (χ2v) is 37.4. The van der Waals surface area contributed by atoms with Crippen molar-refractivity contribution in [1.29, 1.82) is 0 Å². The van der Waals surface area contributed by atoms with Crippen molar-refractivity contribution in [3.63, 3.8) is 0 Å². The monoisotopic (exact) mass is 1650 g/mol. The quantitative estimate of drug-likeness (QED) is 0.151. The van der Waals surface area contributed by atoms with Gasteiger partial charge < -0.3 is 35.3 Å². The van der Waals surface area contributed by atoms with Gasteiger partial charge in [0.25, 0.3) is 0 Å². The molecule has 24 aromatic rings. The first-order chi connectivity index (χ1) is 60.6. The zero-order valence-electron chi connectivity index (χ0n) is 74.7. The maximum Gasteiger partial charge on any atom is 0.216 e. The predicted octanol–water partition coefficient (Wildman–Crippen LogP) is 29.6. The van der Waals surface area contributed by atoms with Gasteiger partial charge in [-0.15, -0.1) is 0 Å². The molecular formula is C114H100N4O8+4. The van der Waals surface area contributed by atoms with Gasteiger partial charge in [-0.1, -0.05) is 163 Å². The molecule has 0 aliphatic carbocycles. The Morgan fingerprint density at radius 3 is 0.857 bits per heavy atom. The summed E-state index contributed by atoms with van der Waals surface area (Å²) < 4.78 is 59.5. The Morgan fingerprint density at radius 2 is 0.516 bits per heavy atom. The number of aryl methyl sites for hydroxylation is 12. The van der Waals surface area contributed by atoms with Crippen molar-refractivity contribution in [3.8, 4) is 45.0 Å². The molecule has 0 fully saturated rings. The molecule has 0 unspecified atom stereocenters. The van der Waals surface area contributed by atoms with E-state index in [2.05, 4.69) is 302 Å². The third-order valence-corrected chi connectivity index (χ3v) is 25.7. The van der Waals surface area contributed by atoms with Crippen molar-refractivity contribution in [3.05, 3.63) is 311 Å². The second-order valence-electron chi connectivity index (χ2n) is 37.4. The van der Waals surface area contributed by atoms with Gasteiger partial charge in [-0.25, -0.2) is 18.3 Å². The number of furan rings is 8. The molecule has 12 aromatic carbocycles. The zero-order chi connectivity index (χ0) is 86.9. The molecule has 0 amide bonds. The Labute approximate surface area is 729 Å². The van der Waals surface area contributed by atoms with Crippen molar-refractivity contribution in [2.45, 2.75) is 110 Å². The van der Waals surface area contributed by atoms with E-state index in [-0.39, 0.29) is 10.8 Å². The molecule has 0 spiro atoms. The smallest absolute Gasteiger partial charge is 0.216 e. The zero-order valence-corrected chi connectivity index (χ0v) is 74.7. The molecule has 0 bridgehead atoms. The van der Waals surface area contributed by atoms with E-state index in [1.807, 2.05) is 97.1 Å². The van der Waals surface area contributed by atoms with Crippen LogP contribution in [0.2, 0.25) is 0 Å². The molecule has 126 heavy (non-hydrogen) atoms. The van der Waals surface area contributed by atoms with Gasteiger partial charge in [-0.2, -0.15) is 0 Å². The first-order valence-electron chi connectivity index (χ1n) is 43.6. The summed E-state index contributed by atoms with van der Waals surface area (Å²) in [6, 6.07) is 80.2. The van der Waals surface area contributed by atoms with Crippen molar-refractivity contribution >= 4 is 176 Å². The summed E-state index contributed by atoms with van der Waals surface area (Å²) in [7, 11) is 8.42.